The highest BCUT2D eigenvalue weighted by Gasteiger charge is 2.25. The molecule has 0 aliphatic carbocycles. The first-order chi connectivity index (χ1) is 7.99. The van der Waals surface area contributed by atoms with Crippen LogP contribution in [0.25, 0.3) is 0 Å². The third-order valence-electron chi connectivity index (χ3n) is 2.73. The van der Waals surface area contributed by atoms with Gasteiger partial charge in [-0.05, 0) is 6.42 Å². The Morgan fingerprint density at radius 1 is 1.41 bits per heavy atom. The maximum Gasteiger partial charge on any atom is 0.274 e. The van der Waals surface area contributed by atoms with Crippen LogP contribution >= 0.6 is 0 Å². The third-order valence-corrected chi connectivity index (χ3v) is 4.44. The number of aromatic amines is 1. The molecular weight excluding hydrogens is 244 g/mol. The van der Waals surface area contributed by atoms with E-state index in [-0.39, 0.29) is 35.3 Å². The van der Waals surface area contributed by atoms with Crippen molar-refractivity contribution in [2.24, 2.45) is 0 Å². The Bertz CT molecular complexity index is 522. The average molecular weight is 258 g/mol. The van der Waals surface area contributed by atoms with Crippen LogP contribution in [0.3, 0.4) is 0 Å². The fraction of sp³-hybridized carbons (Fsp3) is 0.556. The number of amides is 1. The average Bonchev–Trinajstić information content (AvgIpc) is 2.59. The number of carbonyl (C=O) groups is 1. The standard InChI is InChI=1S/C9H14N4O3S/c10-7-6-11-12-8(7)9(14)13-2-1-4-17(15,16)5-3-13/h6H,1-5,10H2,(H,11,12). The van der Waals surface area contributed by atoms with Gasteiger partial charge in [0.15, 0.2) is 9.84 Å². The minimum Gasteiger partial charge on any atom is -0.396 e. The lowest BCUT2D eigenvalue weighted by Crippen LogP contribution is -2.34. The van der Waals surface area contributed by atoms with Crippen LogP contribution in [0.15, 0.2) is 6.20 Å². The molecule has 8 heteroatoms. The van der Waals surface area contributed by atoms with Gasteiger partial charge >= 0.3 is 0 Å². The fourth-order valence-corrected chi connectivity index (χ4v) is 3.04. The Morgan fingerprint density at radius 3 is 2.82 bits per heavy atom. The van der Waals surface area contributed by atoms with Crippen LogP contribution in [0.5, 0.6) is 0 Å². The molecule has 1 saturated heterocycles. The highest BCUT2D eigenvalue weighted by atomic mass is 32.2. The number of sulfone groups is 1. The molecule has 0 radical (unpaired) electrons. The first kappa shape index (κ1) is 11.9. The van der Waals surface area contributed by atoms with E-state index >= 15 is 0 Å². The molecule has 1 fully saturated rings. The van der Waals surface area contributed by atoms with Gasteiger partial charge in [0.1, 0.15) is 5.69 Å². The SMILES string of the molecule is Nc1cn[nH]c1C(=O)N1CCCS(=O)(=O)CC1. The summed E-state index contributed by atoms with van der Waals surface area (Å²) in [6.45, 7) is 0.635. The minimum atomic E-state index is -3.02. The van der Waals surface area contributed by atoms with Crippen molar-refractivity contribution in [1.82, 2.24) is 15.1 Å². The molecule has 1 aliphatic rings. The number of hydrogen-bond acceptors (Lipinski definition) is 5. The number of hydrogen-bond donors (Lipinski definition) is 2. The minimum absolute atomic E-state index is 0.00673. The topological polar surface area (TPSA) is 109 Å². The summed E-state index contributed by atoms with van der Waals surface area (Å²) in [5, 5.41) is 6.20. The molecule has 0 unspecified atom stereocenters. The molecular formula is C9H14N4O3S. The van der Waals surface area contributed by atoms with Crippen molar-refractivity contribution >= 4 is 21.4 Å². The zero-order valence-electron chi connectivity index (χ0n) is 9.22. The number of nitrogens with one attached hydrogen (secondary N) is 1. The number of H-pyrrole nitrogens is 1. The summed E-state index contributed by atoms with van der Waals surface area (Å²) in [5.74, 6) is -0.153. The van der Waals surface area contributed by atoms with Crippen LogP contribution in [0.2, 0.25) is 0 Å². The van der Waals surface area contributed by atoms with Crippen molar-refractivity contribution in [3.8, 4) is 0 Å². The lowest BCUT2D eigenvalue weighted by atomic mass is 10.3. The van der Waals surface area contributed by atoms with Crippen molar-refractivity contribution in [3.63, 3.8) is 0 Å². The van der Waals surface area contributed by atoms with Gasteiger partial charge in [-0.3, -0.25) is 9.89 Å². The Kier molecular flexibility index (Phi) is 3.05. The molecule has 7 nitrogen and oxygen atoms in total. The summed E-state index contributed by atoms with van der Waals surface area (Å²) >= 11 is 0. The largest absolute Gasteiger partial charge is 0.396 e. The summed E-state index contributed by atoms with van der Waals surface area (Å²) in [7, 11) is -3.02. The van der Waals surface area contributed by atoms with E-state index in [0.29, 0.717) is 13.0 Å². The second kappa shape index (κ2) is 4.36. The van der Waals surface area contributed by atoms with Gasteiger partial charge in [-0.15, -0.1) is 0 Å². The molecule has 2 rings (SSSR count). The van der Waals surface area contributed by atoms with Gasteiger partial charge in [0, 0.05) is 13.1 Å². The number of nitrogens with zero attached hydrogens (tertiary/aromatic N) is 2. The maximum absolute atomic E-state index is 12.0. The lowest BCUT2D eigenvalue weighted by Gasteiger charge is -2.18. The Morgan fingerprint density at radius 2 is 2.18 bits per heavy atom. The molecule has 2 heterocycles. The molecule has 1 amide bonds. The van der Waals surface area contributed by atoms with Gasteiger partial charge in [-0.2, -0.15) is 5.10 Å². The van der Waals surface area contributed by atoms with E-state index in [1.165, 1.54) is 11.1 Å². The van der Waals surface area contributed by atoms with E-state index < -0.39 is 9.84 Å². The fourth-order valence-electron chi connectivity index (χ4n) is 1.77. The molecule has 3 N–H and O–H groups in total. The van der Waals surface area contributed by atoms with Gasteiger partial charge in [-0.1, -0.05) is 0 Å². The first-order valence-corrected chi connectivity index (χ1v) is 7.10. The smallest absolute Gasteiger partial charge is 0.274 e. The van der Waals surface area contributed by atoms with Crippen molar-refractivity contribution < 1.29 is 13.2 Å². The van der Waals surface area contributed by atoms with Gasteiger partial charge in [-0.25, -0.2) is 8.42 Å². The lowest BCUT2D eigenvalue weighted by molar-refractivity contribution is 0.0763. The van der Waals surface area contributed by atoms with E-state index in [1.807, 2.05) is 0 Å². The second-order valence-corrected chi connectivity index (χ2v) is 6.30. The molecule has 94 valence electrons. The zero-order chi connectivity index (χ0) is 12.5. The third kappa shape index (κ3) is 2.57. The van der Waals surface area contributed by atoms with Crippen LogP contribution < -0.4 is 5.73 Å². The van der Waals surface area contributed by atoms with E-state index in [4.69, 9.17) is 5.73 Å². The Hall–Kier alpha value is -1.57. The van der Waals surface area contributed by atoms with Crippen molar-refractivity contribution in [3.05, 3.63) is 11.9 Å². The van der Waals surface area contributed by atoms with Gasteiger partial charge in [0.25, 0.3) is 5.91 Å². The highest BCUT2D eigenvalue weighted by molar-refractivity contribution is 7.91. The zero-order valence-corrected chi connectivity index (χ0v) is 10.0. The van der Waals surface area contributed by atoms with Crippen molar-refractivity contribution in [2.45, 2.75) is 6.42 Å². The number of aromatic nitrogens is 2. The van der Waals surface area contributed by atoms with Gasteiger partial charge in [0.2, 0.25) is 0 Å². The van der Waals surface area contributed by atoms with Crippen LogP contribution in [0.4, 0.5) is 5.69 Å². The molecule has 1 aromatic rings. The van der Waals surface area contributed by atoms with E-state index in [1.54, 1.807) is 0 Å². The van der Waals surface area contributed by atoms with E-state index in [9.17, 15) is 13.2 Å². The Labute approximate surface area is 98.9 Å². The summed E-state index contributed by atoms with van der Waals surface area (Å²) in [5.41, 5.74) is 6.09. The van der Waals surface area contributed by atoms with E-state index in [0.717, 1.165) is 0 Å². The second-order valence-electron chi connectivity index (χ2n) is 4.00. The van der Waals surface area contributed by atoms with Gasteiger partial charge in [0.05, 0.1) is 23.4 Å². The summed E-state index contributed by atoms with van der Waals surface area (Å²) in [6.07, 6.45) is 1.82. The van der Waals surface area contributed by atoms with Crippen LogP contribution in [-0.2, 0) is 9.84 Å². The predicted molar refractivity (Wildman–Crippen MR) is 62.2 cm³/mol. The van der Waals surface area contributed by atoms with E-state index in [2.05, 4.69) is 10.2 Å². The van der Waals surface area contributed by atoms with Crippen LogP contribution in [-0.4, -0.2) is 54.0 Å². The molecule has 17 heavy (non-hydrogen) atoms. The van der Waals surface area contributed by atoms with Crippen molar-refractivity contribution in [1.29, 1.82) is 0 Å². The van der Waals surface area contributed by atoms with Gasteiger partial charge < -0.3 is 10.6 Å². The number of nitrogen functional groups attached to an aromatic ring is 1. The normalized spacial score (nSPS) is 19.9. The molecule has 1 aliphatic heterocycles. The van der Waals surface area contributed by atoms with Crippen LogP contribution in [0.1, 0.15) is 16.9 Å². The number of nitrogens with two attached hydrogens (primary N) is 1. The quantitative estimate of drug-likeness (QED) is 0.689. The molecule has 0 bridgehead atoms. The molecule has 0 spiro atoms. The number of rotatable bonds is 1. The number of carbonyl (C=O) groups excluding carboxylic acids is 1. The first-order valence-electron chi connectivity index (χ1n) is 5.28. The summed E-state index contributed by atoms with van der Waals surface area (Å²) < 4.78 is 22.8. The number of anilines is 1. The highest BCUT2D eigenvalue weighted by Crippen LogP contribution is 2.12. The summed E-state index contributed by atoms with van der Waals surface area (Å²) in [6, 6.07) is 0. The molecule has 0 saturated carbocycles. The Balaban J connectivity index is 2.14. The molecule has 0 atom stereocenters. The molecule has 1 aromatic heterocycles. The van der Waals surface area contributed by atoms with Crippen molar-refractivity contribution in [2.75, 3.05) is 30.3 Å². The summed E-state index contributed by atoms with van der Waals surface area (Å²) in [4.78, 5) is 13.5. The maximum atomic E-state index is 12.0. The predicted octanol–water partition coefficient (Wildman–Crippen LogP) is -0.747. The molecule has 0 aromatic carbocycles. The van der Waals surface area contributed by atoms with Crippen LogP contribution in [0, 0.1) is 0 Å². The monoisotopic (exact) mass is 258 g/mol.